The van der Waals surface area contributed by atoms with Crippen LogP contribution in [0.3, 0.4) is 0 Å². The fourth-order valence-electron chi connectivity index (χ4n) is 2.63. The van der Waals surface area contributed by atoms with E-state index in [4.69, 9.17) is 4.74 Å². The molecule has 0 aliphatic heterocycles. The van der Waals surface area contributed by atoms with E-state index in [2.05, 4.69) is 33.2 Å². The smallest absolute Gasteiger partial charge is 0.142 e. The molecule has 2 aromatic carbocycles. The Labute approximate surface area is 121 Å². The van der Waals surface area contributed by atoms with E-state index in [9.17, 15) is 0 Å². The third-order valence-corrected chi connectivity index (χ3v) is 3.62. The minimum Gasteiger partial charge on any atom is -0.495 e. The Kier molecular flexibility index (Phi) is 2.60. The number of ether oxygens (including phenoxy) is 1. The molecule has 4 aromatic rings. The van der Waals surface area contributed by atoms with E-state index in [-0.39, 0.29) is 0 Å². The highest BCUT2D eigenvalue weighted by Gasteiger charge is 2.13. The first-order valence-electron chi connectivity index (χ1n) is 6.72. The van der Waals surface area contributed by atoms with Crippen LogP contribution in [0.25, 0.3) is 33.2 Å². The number of benzene rings is 2. The van der Waals surface area contributed by atoms with Crippen LogP contribution in [0.2, 0.25) is 0 Å². The number of pyridine rings is 1. The van der Waals surface area contributed by atoms with Crippen molar-refractivity contribution in [3.05, 3.63) is 54.9 Å². The molecule has 0 saturated carbocycles. The van der Waals surface area contributed by atoms with Crippen molar-refractivity contribution in [1.82, 2.24) is 15.0 Å². The molecule has 0 saturated heterocycles. The lowest BCUT2D eigenvalue weighted by Gasteiger charge is -2.10. The van der Waals surface area contributed by atoms with Gasteiger partial charge in [0.1, 0.15) is 17.1 Å². The maximum Gasteiger partial charge on any atom is 0.142 e. The molecule has 4 rings (SSSR count). The first-order chi connectivity index (χ1) is 10.4. The van der Waals surface area contributed by atoms with Gasteiger partial charge in [0.05, 0.1) is 24.4 Å². The van der Waals surface area contributed by atoms with E-state index in [0.29, 0.717) is 0 Å². The monoisotopic (exact) mass is 275 g/mol. The fourth-order valence-corrected chi connectivity index (χ4v) is 2.63. The number of methoxy groups -OCH3 is 1. The van der Waals surface area contributed by atoms with Crippen LogP contribution in [0, 0.1) is 0 Å². The van der Waals surface area contributed by atoms with Gasteiger partial charge < -0.3 is 9.72 Å². The first-order valence-corrected chi connectivity index (χ1v) is 6.72. The highest BCUT2D eigenvalue weighted by Crippen LogP contribution is 2.35. The van der Waals surface area contributed by atoms with E-state index in [1.165, 1.54) is 0 Å². The normalized spacial score (nSPS) is 11.1. The standard InChI is InChI=1S/C17H13N3O/c1-21-16-12-5-3-2-4-11(12)6-7-13(16)17-19-14-8-9-18-10-15(14)20-17/h2-10H,1H3,(H,19,20). The molecule has 0 aliphatic carbocycles. The Balaban J connectivity index is 2.01. The number of rotatable bonds is 2. The number of fused-ring (bicyclic) bond motifs is 2. The predicted octanol–water partition coefficient (Wildman–Crippen LogP) is 3.79. The molecule has 0 unspecified atom stereocenters. The summed E-state index contributed by atoms with van der Waals surface area (Å²) in [7, 11) is 1.69. The molecule has 0 radical (unpaired) electrons. The SMILES string of the molecule is COc1c(-c2nc3cnccc3[nH]2)ccc2ccccc12. The van der Waals surface area contributed by atoms with Gasteiger partial charge in [0, 0.05) is 11.6 Å². The molecule has 0 atom stereocenters. The number of aromatic amines is 1. The number of nitrogens with one attached hydrogen (secondary N) is 1. The number of hydrogen-bond acceptors (Lipinski definition) is 3. The van der Waals surface area contributed by atoms with Crippen molar-refractivity contribution in [3.8, 4) is 17.1 Å². The van der Waals surface area contributed by atoms with Crippen molar-refractivity contribution in [2.45, 2.75) is 0 Å². The summed E-state index contributed by atoms with van der Waals surface area (Å²) >= 11 is 0. The van der Waals surface area contributed by atoms with Gasteiger partial charge in [-0.15, -0.1) is 0 Å². The van der Waals surface area contributed by atoms with Gasteiger partial charge in [0.25, 0.3) is 0 Å². The Morgan fingerprint density at radius 1 is 1.05 bits per heavy atom. The van der Waals surface area contributed by atoms with Crippen molar-refractivity contribution in [3.63, 3.8) is 0 Å². The Hall–Kier alpha value is -2.88. The minimum atomic E-state index is 0.792. The summed E-state index contributed by atoms with van der Waals surface area (Å²) < 4.78 is 5.63. The highest BCUT2D eigenvalue weighted by molar-refractivity contribution is 5.95. The van der Waals surface area contributed by atoms with Crippen molar-refractivity contribution in [1.29, 1.82) is 0 Å². The maximum atomic E-state index is 5.63. The summed E-state index contributed by atoms with van der Waals surface area (Å²) in [6, 6.07) is 14.2. The predicted molar refractivity (Wildman–Crippen MR) is 83.4 cm³/mol. The average molecular weight is 275 g/mol. The summed E-state index contributed by atoms with van der Waals surface area (Å²) in [4.78, 5) is 12.0. The van der Waals surface area contributed by atoms with E-state index in [1.54, 1.807) is 19.5 Å². The van der Waals surface area contributed by atoms with E-state index in [0.717, 1.165) is 38.9 Å². The topological polar surface area (TPSA) is 50.8 Å². The van der Waals surface area contributed by atoms with Crippen LogP contribution >= 0.6 is 0 Å². The molecule has 4 heteroatoms. The Morgan fingerprint density at radius 3 is 2.81 bits per heavy atom. The molecule has 2 aromatic heterocycles. The van der Waals surface area contributed by atoms with E-state index < -0.39 is 0 Å². The zero-order valence-corrected chi connectivity index (χ0v) is 11.5. The third-order valence-electron chi connectivity index (χ3n) is 3.62. The maximum absolute atomic E-state index is 5.63. The lowest BCUT2D eigenvalue weighted by Crippen LogP contribution is -1.91. The molecule has 4 nitrogen and oxygen atoms in total. The third kappa shape index (κ3) is 1.84. The van der Waals surface area contributed by atoms with Crippen LogP contribution in [0.15, 0.2) is 54.9 Å². The van der Waals surface area contributed by atoms with Crippen molar-refractivity contribution >= 4 is 21.8 Å². The summed E-state index contributed by atoms with van der Waals surface area (Å²) in [5.74, 6) is 1.63. The fraction of sp³-hybridized carbons (Fsp3) is 0.0588. The second-order valence-corrected chi connectivity index (χ2v) is 4.85. The van der Waals surface area contributed by atoms with Gasteiger partial charge in [0.2, 0.25) is 0 Å². The van der Waals surface area contributed by atoms with Gasteiger partial charge in [-0.1, -0.05) is 30.3 Å². The summed E-state index contributed by atoms with van der Waals surface area (Å²) in [6.45, 7) is 0. The van der Waals surface area contributed by atoms with Crippen LogP contribution in [-0.4, -0.2) is 22.1 Å². The van der Waals surface area contributed by atoms with Crippen LogP contribution in [0.5, 0.6) is 5.75 Å². The molecule has 0 fully saturated rings. The van der Waals surface area contributed by atoms with Gasteiger partial charge in [0.15, 0.2) is 0 Å². The molecule has 102 valence electrons. The van der Waals surface area contributed by atoms with Crippen LogP contribution in [0.1, 0.15) is 0 Å². The highest BCUT2D eigenvalue weighted by atomic mass is 16.5. The first kappa shape index (κ1) is 11.9. The zero-order chi connectivity index (χ0) is 14.2. The molecule has 0 spiro atoms. The molecule has 0 amide bonds. The van der Waals surface area contributed by atoms with E-state index in [1.807, 2.05) is 24.3 Å². The number of hydrogen-bond donors (Lipinski definition) is 1. The molecule has 2 heterocycles. The summed E-state index contributed by atoms with van der Waals surface area (Å²) in [6.07, 6.45) is 3.50. The quantitative estimate of drug-likeness (QED) is 0.605. The van der Waals surface area contributed by atoms with Crippen LogP contribution in [-0.2, 0) is 0 Å². The minimum absolute atomic E-state index is 0.792. The number of H-pyrrole nitrogens is 1. The molecule has 0 bridgehead atoms. The average Bonchev–Trinajstić information content (AvgIpc) is 2.97. The van der Waals surface area contributed by atoms with E-state index >= 15 is 0 Å². The van der Waals surface area contributed by atoms with Gasteiger partial charge in [-0.05, 0) is 17.5 Å². The Morgan fingerprint density at radius 2 is 1.95 bits per heavy atom. The van der Waals surface area contributed by atoms with Gasteiger partial charge in [-0.2, -0.15) is 0 Å². The van der Waals surface area contributed by atoms with Gasteiger partial charge in [-0.3, -0.25) is 4.98 Å². The molecule has 0 aliphatic rings. The van der Waals surface area contributed by atoms with Gasteiger partial charge in [-0.25, -0.2) is 4.98 Å². The molecular formula is C17H13N3O. The van der Waals surface area contributed by atoms with Gasteiger partial charge >= 0.3 is 0 Å². The number of nitrogens with zero attached hydrogens (tertiary/aromatic N) is 2. The summed E-state index contributed by atoms with van der Waals surface area (Å²) in [5.41, 5.74) is 2.77. The number of aromatic nitrogens is 3. The van der Waals surface area contributed by atoms with Crippen LogP contribution in [0.4, 0.5) is 0 Å². The molecular weight excluding hydrogens is 262 g/mol. The lowest BCUT2D eigenvalue weighted by molar-refractivity contribution is 0.421. The second kappa shape index (κ2) is 4.59. The Bertz CT molecular complexity index is 910. The molecule has 21 heavy (non-hydrogen) atoms. The van der Waals surface area contributed by atoms with Crippen molar-refractivity contribution in [2.24, 2.45) is 0 Å². The summed E-state index contributed by atoms with van der Waals surface area (Å²) in [5, 5.41) is 2.23. The second-order valence-electron chi connectivity index (χ2n) is 4.85. The van der Waals surface area contributed by atoms with Crippen molar-refractivity contribution < 1.29 is 4.74 Å². The zero-order valence-electron chi connectivity index (χ0n) is 11.5. The number of imidazole rings is 1. The molecule has 1 N–H and O–H groups in total. The largest absolute Gasteiger partial charge is 0.495 e. The lowest BCUT2D eigenvalue weighted by atomic mass is 10.0. The van der Waals surface area contributed by atoms with Crippen molar-refractivity contribution in [2.75, 3.05) is 7.11 Å². The van der Waals surface area contributed by atoms with Crippen LogP contribution < -0.4 is 4.74 Å².